The molecule has 21 heavy (non-hydrogen) atoms. The second kappa shape index (κ2) is 6.53. The lowest BCUT2D eigenvalue weighted by atomic mass is 9.91. The van der Waals surface area contributed by atoms with Crippen molar-refractivity contribution in [2.24, 2.45) is 0 Å². The van der Waals surface area contributed by atoms with Crippen LogP contribution >= 0.6 is 0 Å². The minimum Gasteiger partial charge on any atom is -0.379 e. The Hall–Kier alpha value is -0.160. The number of nitrogens with zero attached hydrogens (tertiary/aromatic N) is 2. The van der Waals surface area contributed by atoms with Crippen molar-refractivity contribution in [1.29, 1.82) is 0 Å². The highest BCUT2D eigenvalue weighted by atomic mass is 16.5. The smallest absolute Gasteiger partial charge is 0.0720 e. The Bertz CT molecular complexity index is 332. The summed E-state index contributed by atoms with van der Waals surface area (Å²) in [6, 6.07) is 0.507. The standard InChI is InChI=1S/C17H34N2O2/c1-14-13-21-15(12-19(14)16(2,3)4)11-17(5,6)18-7-9-20-10-8-18/h14-15H,7-13H2,1-6H3. The van der Waals surface area contributed by atoms with Gasteiger partial charge in [-0.25, -0.2) is 0 Å². The van der Waals surface area contributed by atoms with Crippen LogP contribution < -0.4 is 0 Å². The first-order valence-corrected chi connectivity index (χ1v) is 8.41. The normalized spacial score (nSPS) is 30.6. The zero-order valence-electron chi connectivity index (χ0n) is 14.8. The summed E-state index contributed by atoms with van der Waals surface area (Å²) >= 11 is 0. The SMILES string of the molecule is CC1COC(CC(C)(C)N2CCOCC2)CN1C(C)(C)C. The molecule has 0 aliphatic carbocycles. The number of rotatable bonds is 3. The van der Waals surface area contributed by atoms with Crippen molar-refractivity contribution in [1.82, 2.24) is 9.80 Å². The van der Waals surface area contributed by atoms with Crippen molar-refractivity contribution in [3.63, 3.8) is 0 Å². The molecule has 2 saturated heterocycles. The van der Waals surface area contributed by atoms with Crippen molar-refractivity contribution >= 4 is 0 Å². The zero-order valence-corrected chi connectivity index (χ0v) is 14.8. The fourth-order valence-electron chi connectivity index (χ4n) is 3.73. The molecular formula is C17H34N2O2. The summed E-state index contributed by atoms with van der Waals surface area (Å²) in [5.74, 6) is 0. The van der Waals surface area contributed by atoms with Gasteiger partial charge in [-0.2, -0.15) is 0 Å². The average Bonchev–Trinajstić information content (AvgIpc) is 2.40. The maximum atomic E-state index is 6.14. The third-order valence-electron chi connectivity index (χ3n) is 4.96. The molecule has 4 nitrogen and oxygen atoms in total. The molecule has 4 heteroatoms. The fraction of sp³-hybridized carbons (Fsp3) is 1.00. The molecule has 2 rings (SSSR count). The van der Waals surface area contributed by atoms with E-state index in [-0.39, 0.29) is 11.1 Å². The summed E-state index contributed by atoms with van der Waals surface area (Å²) in [6.45, 7) is 19.6. The average molecular weight is 298 g/mol. The maximum absolute atomic E-state index is 6.14. The number of ether oxygens (including phenoxy) is 2. The fourth-order valence-corrected chi connectivity index (χ4v) is 3.73. The van der Waals surface area contributed by atoms with E-state index in [4.69, 9.17) is 9.47 Å². The Balaban J connectivity index is 1.95. The topological polar surface area (TPSA) is 24.9 Å². The molecule has 2 atom stereocenters. The van der Waals surface area contributed by atoms with Crippen molar-refractivity contribution in [2.75, 3.05) is 39.5 Å². The first kappa shape index (κ1) is 17.2. The quantitative estimate of drug-likeness (QED) is 0.799. The highest BCUT2D eigenvalue weighted by Gasteiger charge is 2.37. The predicted octanol–water partition coefficient (Wildman–Crippen LogP) is 2.38. The van der Waals surface area contributed by atoms with E-state index in [1.54, 1.807) is 0 Å². The third-order valence-corrected chi connectivity index (χ3v) is 4.96. The van der Waals surface area contributed by atoms with Crippen LogP contribution in [0.3, 0.4) is 0 Å². The monoisotopic (exact) mass is 298 g/mol. The zero-order chi connectivity index (χ0) is 15.7. The van der Waals surface area contributed by atoms with E-state index >= 15 is 0 Å². The number of morpholine rings is 2. The van der Waals surface area contributed by atoms with Crippen LogP contribution in [-0.4, -0.2) is 72.5 Å². The van der Waals surface area contributed by atoms with Gasteiger partial charge in [-0.3, -0.25) is 9.80 Å². The lowest BCUT2D eigenvalue weighted by molar-refractivity contribution is -0.110. The van der Waals surface area contributed by atoms with Crippen molar-refractivity contribution in [2.45, 2.75) is 71.2 Å². The van der Waals surface area contributed by atoms with Crippen molar-refractivity contribution in [3.05, 3.63) is 0 Å². The molecule has 0 amide bonds. The van der Waals surface area contributed by atoms with Gasteiger partial charge in [0, 0.05) is 36.8 Å². The predicted molar refractivity (Wildman–Crippen MR) is 86.7 cm³/mol. The van der Waals surface area contributed by atoms with Gasteiger partial charge in [-0.1, -0.05) is 0 Å². The Morgan fingerprint density at radius 2 is 1.67 bits per heavy atom. The largest absolute Gasteiger partial charge is 0.379 e. The number of hydrogen-bond acceptors (Lipinski definition) is 4. The van der Waals surface area contributed by atoms with Gasteiger partial charge in [0.1, 0.15) is 0 Å². The second-order valence-electron chi connectivity index (χ2n) is 8.24. The van der Waals surface area contributed by atoms with Crippen LogP contribution in [0.1, 0.15) is 48.0 Å². The third kappa shape index (κ3) is 4.41. The Labute approximate surface area is 130 Å². The molecule has 0 aromatic heterocycles. The van der Waals surface area contributed by atoms with Crippen LogP contribution in [-0.2, 0) is 9.47 Å². The summed E-state index contributed by atoms with van der Waals surface area (Å²) < 4.78 is 11.6. The van der Waals surface area contributed by atoms with E-state index in [0.717, 1.165) is 45.9 Å². The highest BCUT2D eigenvalue weighted by Crippen LogP contribution is 2.28. The van der Waals surface area contributed by atoms with E-state index in [0.29, 0.717) is 12.1 Å². The van der Waals surface area contributed by atoms with E-state index in [1.807, 2.05) is 0 Å². The molecular weight excluding hydrogens is 264 g/mol. The number of hydrogen-bond donors (Lipinski definition) is 0. The van der Waals surface area contributed by atoms with Crippen LogP contribution in [0.25, 0.3) is 0 Å². The summed E-state index contributed by atoms with van der Waals surface area (Å²) in [5.41, 5.74) is 0.392. The van der Waals surface area contributed by atoms with Gasteiger partial charge in [-0.15, -0.1) is 0 Å². The molecule has 2 aliphatic heterocycles. The van der Waals surface area contributed by atoms with Gasteiger partial charge in [0.15, 0.2) is 0 Å². The van der Waals surface area contributed by atoms with Gasteiger partial charge in [-0.05, 0) is 48.0 Å². The summed E-state index contributed by atoms with van der Waals surface area (Å²) in [7, 11) is 0. The molecule has 2 aliphatic rings. The van der Waals surface area contributed by atoms with Crippen LogP contribution in [0.5, 0.6) is 0 Å². The Morgan fingerprint density at radius 1 is 1.05 bits per heavy atom. The minimum atomic E-state index is 0.179. The molecule has 0 aromatic rings. The van der Waals surface area contributed by atoms with Gasteiger partial charge >= 0.3 is 0 Å². The van der Waals surface area contributed by atoms with Crippen LogP contribution in [0.2, 0.25) is 0 Å². The molecule has 0 radical (unpaired) electrons. The van der Waals surface area contributed by atoms with Crippen molar-refractivity contribution < 1.29 is 9.47 Å². The van der Waals surface area contributed by atoms with Crippen molar-refractivity contribution in [3.8, 4) is 0 Å². The first-order valence-electron chi connectivity index (χ1n) is 8.41. The molecule has 0 bridgehead atoms. The van der Waals surface area contributed by atoms with Gasteiger partial charge in [0.2, 0.25) is 0 Å². The molecule has 0 spiro atoms. The molecule has 0 aromatic carbocycles. The summed E-state index contributed by atoms with van der Waals surface area (Å²) in [5, 5.41) is 0. The second-order valence-corrected chi connectivity index (χ2v) is 8.24. The first-order chi connectivity index (χ1) is 9.70. The Morgan fingerprint density at radius 3 is 2.24 bits per heavy atom. The van der Waals surface area contributed by atoms with Crippen LogP contribution in [0, 0.1) is 0 Å². The minimum absolute atomic E-state index is 0.179. The summed E-state index contributed by atoms with van der Waals surface area (Å²) in [4.78, 5) is 5.15. The van der Waals surface area contributed by atoms with Crippen LogP contribution in [0.15, 0.2) is 0 Å². The van der Waals surface area contributed by atoms with E-state index in [1.165, 1.54) is 0 Å². The molecule has 2 unspecified atom stereocenters. The maximum Gasteiger partial charge on any atom is 0.0720 e. The molecule has 0 N–H and O–H groups in total. The van der Waals surface area contributed by atoms with Gasteiger partial charge < -0.3 is 9.47 Å². The van der Waals surface area contributed by atoms with Gasteiger partial charge in [0.05, 0.1) is 25.9 Å². The molecule has 124 valence electrons. The van der Waals surface area contributed by atoms with E-state index in [2.05, 4.69) is 51.3 Å². The Kier molecular flexibility index (Phi) is 5.35. The lowest BCUT2D eigenvalue weighted by Gasteiger charge is -2.49. The van der Waals surface area contributed by atoms with Crippen LogP contribution in [0.4, 0.5) is 0 Å². The van der Waals surface area contributed by atoms with E-state index in [9.17, 15) is 0 Å². The summed E-state index contributed by atoms with van der Waals surface area (Å²) in [6.07, 6.45) is 1.42. The van der Waals surface area contributed by atoms with Gasteiger partial charge in [0.25, 0.3) is 0 Å². The molecule has 2 heterocycles. The lowest BCUT2D eigenvalue weighted by Crippen LogP contribution is -2.58. The molecule has 0 saturated carbocycles. The molecule has 2 fully saturated rings. The highest BCUT2D eigenvalue weighted by molar-refractivity contribution is 4.92. The van der Waals surface area contributed by atoms with E-state index < -0.39 is 0 Å².